The third-order valence-electron chi connectivity index (χ3n) is 2.20. The van der Waals surface area contributed by atoms with E-state index in [2.05, 4.69) is 4.98 Å². The summed E-state index contributed by atoms with van der Waals surface area (Å²) < 4.78 is 4.88. The lowest BCUT2D eigenvalue weighted by Gasteiger charge is -2.20. The second-order valence-electron chi connectivity index (χ2n) is 3.20. The number of likely N-dealkylation sites (N-methyl/N-ethyl adjacent to an activating group) is 1. The number of carboxylic acid groups (broad SMARTS) is 1. The van der Waals surface area contributed by atoms with Crippen molar-refractivity contribution in [2.75, 3.05) is 7.05 Å². The maximum Gasteiger partial charge on any atom is 0.326 e. The SMILES string of the molecule is Cc1ncoc1C(=O)N(C)C(C)C(=O)O. The van der Waals surface area contributed by atoms with Crippen molar-refractivity contribution >= 4 is 11.9 Å². The molecule has 0 saturated carbocycles. The van der Waals surface area contributed by atoms with E-state index >= 15 is 0 Å². The Morgan fingerprint density at radius 1 is 1.60 bits per heavy atom. The van der Waals surface area contributed by atoms with Crippen LogP contribution in [0.2, 0.25) is 0 Å². The van der Waals surface area contributed by atoms with E-state index in [9.17, 15) is 9.59 Å². The van der Waals surface area contributed by atoms with Crippen LogP contribution < -0.4 is 0 Å². The molecule has 0 fully saturated rings. The van der Waals surface area contributed by atoms with Gasteiger partial charge in [-0.15, -0.1) is 0 Å². The third kappa shape index (κ3) is 2.15. The van der Waals surface area contributed by atoms with Crippen LogP contribution in [0.4, 0.5) is 0 Å². The van der Waals surface area contributed by atoms with Crippen molar-refractivity contribution in [3.8, 4) is 0 Å². The number of aryl methyl sites for hydroxylation is 1. The van der Waals surface area contributed by atoms with Gasteiger partial charge in [-0.25, -0.2) is 9.78 Å². The molecule has 6 heteroatoms. The average Bonchev–Trinajstić information content (AvgIpc) is 2.60. The number of oxazole rings is 1. The quantitative estimate of drug-likeness (QED) is 0.790. The predicted molar refractivity (Wildman–Crippen MR) is 50.4 cm³/mol. The first kappa shape index (κ1) is 11.2. The Kier molecular flexibility index (Phi) is 3.08. The maximum atomic E-state index is 11.7. The number of rotatable bonds is 3. The molecule has 1 unspecified atom stereocenters. The fourth-order valence-electron chi connectivity index (χ4n) is 1.01. The van der Waals surface area contributed by atoms with E-state index in [4.69, 9.17) is 9.52 Å². The summed E-state index contributed by atoms with van der Waals surface area (Å²) in [5, 5.41) is 8.73. The maximum absolute atomic E-state index is 11.7. The summed E-state index contributed by atoms with van der Waals surface area (Å²) >= 11 is 0. The molecular formula is C9H12N2O4. The van der Waals surface area contributed by atoms with Gasteiger partial charge in [0, 0.05) is 7.05 Å². The molecule has 1 aromatic heterocycles. The molecule has 0 aliphatic rings. The number of carbonyl (C=O) groups excluding carboxylic acids is 1. The van der Waals surface area contributed by atoms with Gasteiger partial charge in [0.1, 0.15) is 6.04 Å². The van der Waals surface area contributed by atoms with Gasteiger partial charge >= 0.3 is 5.97 Å². The molecular weight excluding hydrogens is 200 g/mol. The number of nitrogens with zero attached hydrogens (tertiary/aromatic N) is 2. The molecule has 1 rings (SSSR count). The fourth-order valence-corrected chi connectivity index (χ4v) is 1.01. The smallest absolute Gasteiger partial charge is 0.326 e. The highest BCUT2D eigenvalue weighted by Gasteiger charge is 2.26. The van der Waals surface area contributed by atoms with Gasteiger partial charge < -0.3 is 14.4 Å². The number of hydrogen-bond acceptors (Lipinski definition) is 4. The molecule has 1 N–H and O–H groups in total. The summed E-state index contributed by atoms with van der Waals surface area (Å²) in [5.74, 6) is -1.48. The molecule has 1 atom stereocenters. The van der Waals surface area contributed by atoms with Crippen molar-refractivity contribution in [2.24, 2.45) is 0 Å². The van der Waals surface area contributed by atoms with Crippen LogP contribution in [0.25, 0.3) is 0 Å². The molecule has 0 aliphatic carbocycles. The van der Waals surface area contributed by atoms with E-state index in [1.807, 2.05) is 0 Å². The van der Waals surface area contributed by atoms with Crippen molar-refractivity contribution in [1.29, 1.82) is 0 Å². The first-order chi connectivity index (χ1) is 6.95. The lowest BCUT2D eigenvalue weighted by atomic mass is 10.2. The molecule has 0 spiro atoms. The zero-order valence-corrected chi connectivity index (χ0v) is 8.72. The van der Waals surface area contributed by atoms with Crippen LogP contribution in [0.3, 0.4) is 0 Å². The number of aliphatic carboxylic acids is 1. The molecule has 1 amide bonds. The topological polar surface area (TPSA) is 83.6 Å². The van der Waals surface area contributed by atoms with Crippen molar-refractivity contribution < 1.29 is 19.1 Å². The molecule has 0 radical (unpaired) electrons. The van der Waals surface area contributed by atoms with E-state index in [-0.39, 0.29) is 5.76 Å². The summed E-state index contributed by atoms with van der Waals surface area (Å²) in [4.78, 5) is 27.2. The number of carboxylic acids is 1. The highest BCUT2D eigenvalue weighted by Crippen LogP contribution is 2.10. The van der Waals surface area contributed by atoms with Crippen molar-refractivity contribution in [3.05, 3.63) is 17.8 Å². The highest BCUT2D eigenvalue weighted by atomic mass is 16.4. The Balaban J connectivity index is 2.86. The molecule has 6 nitrogen and oxygen atoms in total. The Morgan fingerprint density at radius 2 is 2.20 bits per heavy atom. The molecule has 0 aromatic carbocycles. The highest BCUT2D eigenvalue weighted by molar-refractivity contribution is 5.94. The molecule has 1 aromatic rings. The summed E-state index contributed by atoms with van der Waals surface area (Å²) in [5.41, 5.74) is 0.449. The van der Waals surface area contributed by atoms with Crippen molar-refractivity contribution in [3.63, 3.8) is 0 Å². The molecule has 0 saturated heterocycles. The van der Waals surface area contributed by atoms with E-state index < -0.39 is 17.9 Å². The van der Waals surface area contributed by atoms with Gasteiger partial charge in [0.05, 0.1) is 5.69 Å². The number of hydrogen-bond donors (Lipinski definition) is 1. The second kappa shape index (κ2) is 4.12. The van der Waals surface area contributed by atoms with Crippen molar-refractivity contribution in [1.82, 2.24) is 9.88 Å². The Labute approximate surface area is 86.5 Å². The summed E-state index contributed by atoms with van der Waals surface area (Å²) in [6.07, 6.45) is 1.15. The lowest BCUT2D eigenvalue weighted by molar-refractivity contribution is -0.141. The normalized spacial score (nSPS) is 12.2. The number of aromatic nitrogens is 1. The van der Waals surface area contributed by atoms with Crippen LogP contribution in [-0.4, -0.2) is 40.0 Å². The minimum atomic E-state index is -1.07. The van der Waals surface area contributed by atoms with E-state index in [0.717, 1.165) is 11.3 Å². The summed E-state index contributed by atoms with van der Waals surface area (Å²) in [7, 11) is 1.41. The zero-order valence-electron chi connectivity index (χ0n) is 8.72. The Bertz CT molecular complexity index is 385. The van der Waals surface area contributed by atoms with Gasteiger partial charge in [-0.05, 0) is 13.8 Å². The zero-order chi connectivity index (χ0) is 11.6. The molecule has 0 bridgehead atoms. The largest absolute Gasteiger partial charge is 0.480 e. The monoisotopic (exact) mass is 212 g/mol. The minimum Gasteiger partial charge on any atom is -0.480 e. The number of carbonyl (C=O) groups is 2. The molecule has 82 valence electrons. The minimum absolute atomic E-state index is 0.0746. The Morgan fingerprint density at radius 3 is 2.60 bits per heavy atom. The standard InChI is InChI=1S/C9H12N2O4/c1-5-7(15-4-10-5)8(12)11(3)6(2)9(13)14/h4,6H,1-3H3,(H,13,14). The van der Waals surface area contributed by atoms with Crippen LogP contribution in [0.15, 0.2) is 10.8 Å². The van der Waals surface area contributed by atoms with Crippen LogP contribution in [0, 0.1) is 6.92 Å². The lowest BCUT2D eigenvalue weighted by Crippen LogP contribution is -2.40. The first-order valence-corrected chi connectivity index (χ1v) is 4.35. The van der Waals surface area contributed by atoms with Gasteiger partial charge in [-0.2, -0.15) is 0 Å². The van der Waals surface area contributed by atoms with Crippen molar-refractivity contribution in [2.45, 2.75) is 19.9 Å². The second-order valence-corrected chi connectivity index (χ2v) is 3.20. The van der Waals surface area contributed by atoms with Gasteiger partial charge in [-0.3, -0.25) is 4.79 Å². The summed E-state index contributed by atoms with van der Waals surface area (Å²) in [6, 6.07) is -0.901. The Hall–Kier alpha value is -1.85. The number of amides is 1. The summed E-state index contributed by atoms with van der Waals surface area (Å²) in [6.45, 7) is 3.04. The fraction of sp³-hybridized carbons (Fsp3) is 0.444. The van der Waals surface area contributed by atoms with Crippen LogP contribution in [0.1, 0.15) is 23.2 Å². The van der Waals surface area contributed by atoms with Gasteiger partial charge in [0.25, 0.3) is 5.91 Å². The molecule has 1 heterocycles. The van der Waals surface area contributed by atoms with E-state index in [0.29, 0.717) is 5.69 Å². The van der Waals surface area contributed by atoms with Gasteiger partial charge in [0.15, 0.2) is 6.39 Å². The van der Waals surface area contributed by atoms with E-state index in [1.54, 1.807) is 6.92 Å². The van der Waals surface area contributed by atoms with Gasteiger partial charge in [0.2, 0.25) is 5.76 Å². The van der Waals surface area contributed by atoms with Crippen LogP contribution >= 0.6 is 0 Å². The molecule has 0 aliphatic heterocycles. The van der Waals surface area contributed by atoms with E-state index in [1.165, 1.54) is 14.0 Å². The molecule has 15 heavy (non-hydrogen) atoms. The van der Waals surface area contributed by atoms with Gasteiger partial charge in [-0.1, -0.05) is 0 Å². The van der Waals surface area contributed by atoms with Crippen LogP contribution in [-0.2, 0) is 4.79 Å². The van der Waals surface area contributed by atoms with Crippen LogP contribution in [0.5, 0.6) is 0 Å². The average molecular weight is 212 g/mol. The predicted octanol–water partition coefficient (Wildman–Crippen LogP) is 0.528. The first-order valence-electron chi connectivity index (χ1n) is 4.35. The third-order valence-corrected chi connectivity index (χ3v) is 2.20.